The van der Waals surface area contributed by atoms with E-state index in [1.54, 1.807) is 6.20 Å². The third-order valence-electron chi connectivity index (χ3n) is 4.93. The number of anilines is 1. The summed E-state index contributed by atoms with van der Waals surface area (Å²) in [6.07, 6.45) is 7.77. The van der Waals surface area contributed by atoms with Crippen LogP contribution in [0.1, 0.15) is 17.8 Å². The van der Waals surface area contributed by atoms with Crippen LogP contribution in [0.15, 0.2) is 48.9 Å². The molecule has 1 aliphatic carbocycles. The molecule has 0 fully saturated rings. The summed E-state index contributed by atoms with van der Waals surface area (Å²) in [7, 11) is 0. The number of nitrogens with zero attached hydrogens (tertiary/aromatic N) is 5. The van der Waals surface area contributed by atoms with E-state index in [9.17, 15) is 4.79 Å². The number of aromatic amines is 1. The van der Waals surface area contributed by atoms with Gasteiger partial charge in [-0.3, -0.25) is 9.20 Å². The molecular weight excluding hydrogens is 342 g/mol. The Labute approximate surface area is 154 Å². The number of nitrogens with one attached hydrogen (secondary N) is 2. The van der Waals surface area contributed by atoms with Gasteiger partial charge in [0.25, 0.3) is 0 Å². The van der Waals surface area contributed by atoms with Crippen LogP contribution in [0.25, 0.3) is 17.0 Å². The van der Waals surface area contributed by atoms with E-state index in [1.165, 1.54) is 0 Å². The van der Waals surface area contributed by atoms with Crippen LogP contribution in [0.4, 0.5) is 5.69 Å². The zero-order chi connectivity index (χ0) is 18.2. The Kier molecular flexibility index (Phi) is 3.67. The molecule has 5 rings (SSSR count). The number of carbonyl (C=O) groups excluding carboxylic acids is 1. The molecule has 1 amide bonds. The summed E-state index contributed by atoms with van der Waals surface area (Å²) in [5.41, 5.74) is 4.47. The molecule has 3 heterocycles. The van der Waals surface area contributed by atoms with Crippen molar-refractivity contribution in [1.29, 1.82) is 0 Å². The van der Waals surface area contributed by atoms with Gasteiger partial charge in [-0.15, -0.1) is 0 Å². The van der Waals surface area contributed by atoms with Crippen molar-refractivity contribution in [3.63, 3.8) is 0 Å². The van der Waals surface area contributed by atoms with Gasteiger partial charge in [-0.2, -0.15) is 15.4 Å². The average molecular weight is 359 g/mol. The Morgan fingerprint density at radius 2 is 2.04 bits per heavy atom. The number of aryl methyl sites for hydroxylation is 1. The third kappa shape index (κ3) is 2.95. The number of rotatable bonds is 3. The van der Waals surface area contributed by atoms with Crippen molar-refractivity contribution >= 4 is 17.4 Å². The maximum Gasteiger partial charge on any atom is 0.234 e. The lowest BCUT2D eigenvalue weighted by Crippen LogP contribution is -2.28. The summed E-state index contributed by atoms with van der Waals surface area (Å²) in [5, 5.41) is 13.9. The van der Waals surface area contributed by atoms with Gasteiger partial charge in [0, 0.05) is 42.2 Å². The van der Waals surface area contributed by atoms with Crippen molar-refractivity contribution in [1.82, 2.24) is 29.8 Å². The fraction of sp³-hybridized carbons (Fsp3) is 0.211. The Morgan fingerprint density at radius 3 is 2.89 bits per heavy atom. The van der Waals surface area contributed by atoms with E-state index >= 15 is 0 Å². The first kappa shape index (κ1) is 15.7. The molecule has 8 nitrogen and oxygen atoms in total. The van der Waals surface area contributed by atoms with Crippen LogP contribution in [-0.2, 0) is 17.6 Å². The van der Waals surface area contributed by atoms with E-state index < -0.39 is 0 Å². The van der Waals surface area contributed by atoms with Gasteiger partial charge >= 0.3 is 0 Å². The van der Waals surface area contributed by atoms with Gasteiger partial charge in [0.05, 0.1) is 17.1 Å². The first-order chi connectivity index (χ1) is 13.3. The predicted octanol–water partition coefficient (Wildman–Crippen LogP) is 2.26. The van der Waals surface area contributed by atoms with E-state index in [2.05, 4.69) is 30.7 Å². The smallest absolute Gasteiger partial charge is 0.234 e. The van der Waals surface area contributed by atoms with Gasteiger partial charge in [0.2, 0.25) is 11.7 Å². The van der Waals surface area contributed by atoms with Crippen molar-refractivity contribution in [2.24, 2.45) is 5.92 Å². The molecule has 2 N–H and O–H groups in total. The van der Waals surface area contributed by atoms with Crippen LogP contribution in [0.2, 0.25) is 0 Å². The monoisotopic (exact) mass is 359 g/mol. The molecular formula is C19H17N7O. The maximum absolute atomic E-state index is 12.6. The number of fused-ring (bicyclic) bond motifs is 2. The molecule has 1 aliphatic rings. The number of benzene rings is 1. The molecule has 0 aliphatic heterocycles. The zero-order valence-corrected chi connectivity index (χ0v) is 14.5. The highest BCUT2D eigenvalue weighted by Crippen LogP contribution is 2.25. The Hall–Kier alpha value is -3.55. The largest absolute Gasteiger partial charge is 0.326 e. The molecule has 0 spiro atoms. The number of hydrogen-bond acceptors (Lipinski definition) is 5. The lowest BCUT2D eigenvalue weighted by atomic mass is 9.89. The fourth-order valence-electron chi connectivity index (χ4n) is 3.45. The van der Waals surface area contributed by atoms with Crippen LogP contribution in [-0.4, -0.2) is 35.7 Å². The summed E-state index contributed by atoms with van der Waals surface area (Å²) < 4.78 is 1.88. The molecule has 4 aromatic rings. The zero-order valence-electron chi connectivity index (χ0n) is 14.5. The fourth-order valence-corrected chi connectivity index (χ4v) is 3.45. The molecule has 1 aromatic carbocycles. The van der Waals surface area contributed by atoms with E-state index in [4.69, 9.17) is 0 Å². The van der Waals surface area contributed by atoms with Gasteiger partial charge in [0.15, 0.2) is 0 Å². The standard InChI is InChI=1S/C19H17N7O/c27-18(13-4-7-15-16(10-13)24-25-23-15)21-14-5-2-12(3-6-14)17-11-26-9-1-8-20-19(26)22-17/h1-3,5-6,8-9,11,13H,4,7,10H2,(H,21,27)(H,23,24,25)/t13-/m1/s1. The minimum absolute atomic E-state index is 0.0216. The quantitative estimate of drug-likeness (QED) is 0.584. The molecule has 0 unspecified atom stereocenters. The topological polar surface area (TPSA) is 101 Å². The molecule has 3 aromatic heterocycles. The molecule has 0 bridgehead atoms. The van der Waals surface area contributed by atoms with Gasteiger partial charge in [-0.05, 0) is 31.0 Å². The van der Waals surface area contributed by atoms with Crippen LogP contribution in [0.3, 0.4) is 0 Å². The van der Waals surface area contributed by atoms with Gasteiger partial charge in [-0.1, -0.05) is 12.1 Å². The van der Waals surface area contributed by atoms with E-state index in [-0.39, 0.29) is 11.8 Å². The van der Waals surface area contributed by atoms with E-state index in [1.807, 2.05) is 47.1 Å². The average Bonchev–Trinajstić information content (AvgIpc) is 3.34. The molecule has 0 saturated carbocycles. The maximum atomic E-state index is 12.6. The van der Waals surface area contributed by atoms with Crippen molar-refractivity contribution in [3.8, 4) is 11.3 Å². The lowest BCUT2D eigenvalue weighted by Gasteiger charge is -2.19. The predicted molar refractivity (Wildman–Crippen MR) is 99.0 cm³/mol. The first-order valence-electron chi connectivity index (χ1n) is 8.86. The summed E-state index contributed by atoms with van der Waals surface area (Å²) in [6.45, 7) is 0. The van der Waals surface area contributed by atoms with Crippen molar-refractivity contribution in [2.75, 3.05) is 5.32 Å². The second-order valence-corrected chi connectivity index (χ2v) is 6.68. The number of hydrogen-bond donors (Lipinski definition) is 2. The molecule has 1 atom stereocenters. The summed E-state index contributed by atoms with van der Waals surface area (Å²) >= 11 is 0. The molecule has 27 heavy (non-hydrogen) atoms. The number of amides is 1. The normalized spacial score (nSPS) is 16.2. The van der Waals surface area contributed by atoms with Gasteiger partial charge in [-0.25, -0.2) is 9.97 Å². The number of imidazole rings is 1. The minimum atomic E-state index is -0.0770. The van der Waals surface area contributed by atoms with E-state index in [0.717, 1.165) is 41.2 Å². The molecule has 8 heteroatoms. The highest BCUT2D eigenvalue weighted by molar-refractivity contribution is 5.93. The van der Waals surface area contributed by atoms with Crippen molar-refractivity contribution < 1.29 is 4.79 Å². The minimum Gasteiger partial charge on any atom is -0.326 e. The number of aromatic nitrogens is 6. The van der Waals surface area contributed by atoms with Crippen LogP contribution >= 0.6 is 0 Å². The van der Waals surface area contributed by atoms with Crippen LogP contribution in [0, 0.1) is 5.92 Å². The number of H-pyrrole nitrogens is 1. The Bertz CT molecular complexity index is 1080. The second-order valence-electron chi connectivity index (χ2n) is 6.68. The van der Waals surface area contributed by atoms with Crippen LogP contribution in [0.5, 0.6) is 0 Å². The summed E-state index contributed by atoms with van der Waals surface area (Å²) in [6, 6.07) is 9.57. The number of carbonyl (C=O) groups is 1. The van der Waals surface area contributed by atoms with Gasteiger partial charge in [0.1, 0.15) is 0 Å². The van der Waals surface area contributed by atoms with Crippen molar-refractivity contribution in [2.45, 2.75) is 19.3 Å². The van der Waals surface area contributed by atoms with Gasteiger partial charge < -0.3 is 5.32 Å². The van der Waals surface area contributed by atoms with Crippen LogP contribution < -0.4 is 5.32 Å². The molecule has 134 valence electrons. The highest BCUT2D eigenvalue weighted by atomic mass is 16.1. The Balaban J connectivity index is 1.30. The Morgan fingerprint density at radius 1 is 1.19 bits per heavy atom. The lowest BCUT2D eigenvalue weighted by molar-refractivity contribution is -0.120. The van der Waals surface area contributed by atoms with Crippen molar-refractivity contribution in [3.05, 3.63) is 60.3 Å². The third-order valence-corrected chi connectivity index (χ3v) is 4.93. The first-order valence-corrected chi connectivity index (χ1v) is 8.86. The summed E-state index contributed by atoms with van der Waals surface area (Å²) in [4.78, 5) is 21.3. The second kappa shape index (κ2) is 6.31. The van der Waals surface area contributed by atoms with E-state index in [0.29, 0.717) is 12.2 Å². The highest BCUT2D eigenvalue weighted by Gasteiger charge is 2.27. The molecule has 0 saturated heterocycles. The summed E-state index contributed by atoms with van der Waals surface area (Å²) in [5.74, 6) is 0.606. The SMILES string of the molecule is O=C(Nc1ccc(-c2cn3cccnc3n2)cc1)[C@@H]1CCc2n[nH]nc2C1. The molecule has 0 radical (unpaired) electrons.